The summed E-state index contributed by atoms with van der Waals surface area (Å²) in [5.74, 6) is 2.28. The van der Waals surface area contributed by atoms with Crippen molar-refractivity contribution in [2.24, 2.45) is 0 Å². The molecule has 5 rings (SSSR count). The maximum Gasteiger partial charge on any atom is 0.137 e. The van der Waals surface area contributed by atoms with Crippen molar-refractivity contribution in [3.8, 4) is 23.0 Å². The Hall–Kier alpha value is -3.18. The van der Waals surface area contributed by atoms with Crippen molar-refractivity contribution in [2.45, 2.75) is 44.1 Å². The SMILES string of the molecule is CC1c2ccc(O)cc2OC(c2ccc(OCC[NH+]3CCCCC3)cc2)C1c1ccc(O)cc1. The highest BCUT2D eigenvalue weighted by molar-refractivity contribution is 5.48. The number of phenolic OH excluding ortho intramolecular Hbond substituents is 2. The van der Waals surface area contributed by atoms with E-state index >= 15 is 0 Å². The predicted octanol–water partition coefficient (Wildman–Crippen LogP) is 4.57. The molecule has 2 heterocycles. The minimum atomic E-state index is -0.222. The second kappa shape index (κ2) is 9.98. The average molecular weight is 461 g/mol. The number of hydrogen-bond acceptors (Lipinski definition) is 4. The molecule has 0 bridgehead atoms. The van der Waals surface area contributed by atoms with E-state index in [0.29, 0.717) is 0 Å². The normalized spacial score (nSPS) is 22.6. The number of benzene rings is 3. The fourth-order valence-electron chi connectivity index (χ4n) is 5.47. The second-order valence-electron chi connectivity index (χ2n) is 9.64. The lowest BCUT2D eigenvalue weighted by Crippen LogP contribution is -3.13. The van der Waals surface area contributed by atoms with E-state index in [1.165, 1.54) is 32.4 Å². The Bertz CT molecular complexity index is 1090. The smallest absolute Gasteiger partial charge is 0.137 e. The van der Waals surface area contributed by atoms with E-state index in [2.05, 4.69) is 19.1 Å². The number of rotatable bonds is 6. The van der Waals surface area contributed by atoms with Crippen LogP contribution in [0.2, 0.25) is 0 Å². The molecule has 0 spiro atoms. The van der Waals surface area contributed by atoms with Crippen LogP contribution in [0.4, 0.5) is 0 Å². The summed E-state index contributed by atoms with van der Waals surface area (Å²) in [5, 5.41) is 19.8. The summed E-state index contributed by atoms with van der Waals surface area (Å²) in [7, 11) is 0. The van der Waals surface area contributed by atoms with E-state index < -0.39 is 0 Å². The third-order valence-corrected chi connectivity index (χ3v) is 7.38. The fourth-order valence-corrected chi connectivity index (χ4v) is 5.47. The van der Waals surface area contributed by atoms with Gasteiger partial charge in [0.1, 0.15) is 42.3 Å². The zero-order chi connectivity index (χ0) is 23.5. The lowest BCUT2D eigenvalue weighted by Gasteiger charge is -2.39. The Kier molecular flexibility index (Phi) is 6.63. The Labute approximate surface area is 201 Å². The van der Waals surface area contributed by atoms with Crippen LogP contribution in [-0.2, 0) is 0 Å². The molecule has 5 nitrogen and oxygen atoms in total. The molecule has 34 heavy (non-hydrogen) atoms. The van der Waals surface area contributed by atoms with E-state index in [9.17, 15) is 10.2 Å². The largest absolute Gasteiger partial charge is 0.508 e. The van der Waals surface area contributed by atoms with Crippen LogP contribution in [0, 0.1) is 0 Å². The van der Waals surface area contributed by atoms with Gasteiger partial charge in [0.2, 0.25) is 0 Å². The van der Waals surface area contributed by atoms with Gasteiger partial charge in [-0.05, 0) is 72.2 Å². The number of piperidine rings is 1. The van der Waals surface area contributed by atoms with Crippen LogP contribution in [0.3, 0.4) is 0 Å². The Morgan fingerprint density at radius 2 is 1.53 bits per heavy atom. The van der Waals surface area contributed by atoms with E-state index in [1.807, 2.05) is 30.3 Å². The van der Waals surface area contributed by atoms with Gasteiger partial charge in [0.15, 0.2) is 0 Å². The maximum absolute atomic E-state index is 10.0. The fraction of sp³-hybridized carbons (Fsp3) is 0.379. The van der Waals surface area contributed by atoms with Gasteiger partial charge in [0, 0.05) is 12.0 Å². The van der Waals surface area contributed by atoms with Crippen LogP contribution in [0.1, 0.15) is 60.8 Å². The number of quaternary nitrogens is 1. The summed E-state index contributed by atoms with van der Waals surface area (Å²) in [6, 6.07) is 21.0. The number of hydrogen-bond donors (Lipinski definition) is 3. The van der Waals surface area contributed by atoms with Crippen LogP contribution in [0.5, 0.6) is 23.0 Å². The lowest BCUT2D eigenvalue weighted by atomic mass is 9.75. The molecule has 0 saturated carbocycles. The zero-order valence-corrected chi connectivity index (χ0v) is 19.7. The third-order valence-electron chi connectivity index (χ3n) is 7.38. The van der Waals surface area contributed by atoms with Gasteiger partial charge in [0.05, 0.1) is 13.1 Å². The van der Waals surface area contributed by atoms with Gasteiger partial charge in [-0.3, -0.25) is 0 Å². The number of aromatic hydroxyl groups is 2. The first-order valence-electron chi connectivity index (χ1n) is 12.4. The summed E-state index contributed by atoms with van der Waals surface area (Å²) in [4.78, 5) is 1.64. The molecule has 2 aliphatic heterocycles. The minimum Gasteiger partial charge on any atom is -0.508 e. The molecule has 3 atom stereocenters. The molecular formula is C29H34NO4+. The van der Waals surface area contributed by atoms with Crippen LogP contribution in [0.25, 0.3) is 0 Å². The summed E-state index contributed by atoms with van der Waals surface area (Å²) in [6.07, 6.45) is 3.80. The molecule has 3 aromatic rings. The molecule has 178 valence electrons. The highest BCUT2D eigenvalue weighted by Gasteiger charge is 2.38. The predicted molar refractivity (Wildman–Crippen MR) is 132 cm³/mol. The highest BCUT2D eigenvalue weighted by atomic mass is 16.5. The Morgan fingerprint density at radius 1 is 0.853 bits per heavy atom. The minimum absolute atomic E-state index is 0.0621. The standard InChI is InChI=1S/C29H33NO4/c1-20-26-14-11-24(32)19-27(26)34-29(28(20)21-5-9-23(31)10-6-21)22-7-12-25(13-8-22)33-18-17-30-15-3-2-4-16-30/h5-14,19-20,28-29,31-32H,2-4,15-18H2,1H3/p+1. The summed E-state index contributed by atoms with van der Waals surface area (Å²) in [6.45, 7) is 6.50. The summed E-state index contributed by atoms with van der Waals surface area (Å²) < 4.78 is 12.5. The molecule has 0 amide bonds. The molecule has 3 unspecified atom stereocenters. The van der Waals surface area contributed by atoms with Crippen molar-refractivity contribution in [1.82, 2.24) is 0 Å². The van der Waals surface area contributed by atoms with E-state index in [-0.39, 0.29) is 29.4 Å². The van der Waals surface area contributed by atoms with Crippen molar-refractivity contribution in [3.05, 3.63) is 83.4 Å². The molecule has 0 radical (unpaired) electrons. The van der Waals surface area contributed by atoms with Gasteiger partial charge in [-0.15, -0.1) is 0 Å². The van der Waals surface area contributed by atoms with Crippen LogP contribution in [-0.4, -0.2) is 36.5 Å². The Morgan fingerprint density at radius 3 is 2.26 bits per heavy atom. The molecule has 0 aromatic heterocycles. The van der Waals surface area contributed by atoms with Crippen molar-refractivity contribution in [1.29, 1.82) is 0 Å². The van der Waals surface area contributed by atoms with E-state index in [1.54, 1.807) is 29.2 Å². The van der Waals surface area contributed by atoms with Gasteiger partial charge >= 0.3 is 0 Å². The number of likely N-dealkylation sites (tertiary alicyclic amines) is 1. The van der Waals surface area contributed by atoms with Crippen molar-refractivity contribution >= 4 is 0 Å². The van der Waals surface area contributed by atoms with Crippen molar-refractivity contribution in [3.63, 3.8) is 0 Å². The molecule has 3 aromatic carbocycles. The Balaban J connectivity index is 1.36. The number of ether oxygens (including phenoxy) is 2. The number of fused-ring (bicyclic) bond motifs is 1. The molecule has 1 fully saturated rings. The summed E-state index contributed by atoms with van der Waals surface area (Å²) in [5.41, 5.74) is 3.25. The first kappa shape index (κ1) is 22.6. The molecular weight excluding hydrogens is 426 g/mol. The van der Waals surface area contributed by atoms with Crippen LogP contribution >= 0.6 is 0 Å². The molecule has 1 saturated heterocycles. The molecule has 5 heteroatoms. The third kappa shape index (κ3) is 4.85. The summed E-state index contributed by atoms with van der Waals surface area (Å²) >= 11 is 0. The number of nitrogens with one attached hydrogen (secondary N) is 1. The maximum atomic E-state index is 10.0. The van der Waals surface area contributed by atoms with Crippen LogP contribution < -0.4 is 14.4 Å². The monoisotopic (exact) mass is 460 g/mol. The molecule has 3 N–H and O–H groups in total. The molecule has 2 aliphatic rings. The van der Waals surface area contributed by atoms with Gasteiger partial charge < -0.3 is 24.6 Å². The highest BCUT2D eigenvalue weighted by Crippen LogP contribution is 2.51. The topological polar surface area (TPSA) is 63.4 Å². The van der Waals surface area contributed by atoms with Crippen LogP contribution in [0.15, 0.2) is 66.7 Å². The average Bonchev–Trinajstić information content (AvgIpc) is 2.86. The van der Waals surface area contributed by atoms with Gasteiger partial charge in [-0.2, -0.15) is 0 Å². The second-order valence-corrected chi connectivity index (χ2v) is 9.64. The quantitative estimate of drug-likeness (QED) is 0.504. The lowest BCUT2D eigenvalue weighted by molar-refractivity contribution is -0.904. The van der Waals surface area contributed by atoms with E-state index in [0.717, 1.165) is 41.3 Å². The van der Waals surface area contributed by atoms with Gasteiger partial charge in [-0.25, -0.2) is 0 Å². The van der Waals surface area contributed by atoms with E-state index in [4.69, 9.17) is 9.47 Å². The molecule has 0 aliphatic carbocycles. The van der Waals surface area contributed by atoms with Crippen molar-refractivity contribution < 1.29 is 24.6 Å². The number of phenols is 2. The van der Waals surface area contributed by atoms with Gasteiger partial charge in [0.25, 0.3) is 0 Å². The zero-order valence-electron chi connectivity index (χ0n) is 19.7. The van der Waals surface area contributed by atoms with Crippen molar-refractivity contribution in [2.75, 3.05) is 26.2 Å². The first-order valence-corrected chi connectivity index (χ1v) is 12.4. The van der Waals surface area contributed by atoms with Gasteiger partial charge in [-0.1, -0.05) is 37.3 Å². The first-order chi connectivity index (χ1) is 16.6.